The molecule has 3 aromatic rings. The van der Waals surface area contributed by atoms with E-state index in [9.17, 15) is 0 Å². The Bertz CT molecular complexity index is 813. The van der Waals surface area contributed by atoms with Crippen LogP contribution in [0.1, 0.15) is 4.88 Å². The Morgan fingerprint density at radius 2 is 2.14 bits per heavy atom. The van der Waals surface area contributed by atoms with E-state index in [1.54, 1.807) is 17.7 Å². The number of benzene rings is 1. The lowest BCUT2D eigenvalue weighted by Crippen LogP contribution is -2.40. The van der Waals surface area contributed by atoms with Crippen LogP contribution in [-0.2, 0) is 11.3 Å². The summed E-state index contributed by atoms with van der Waals surface area (Å²) in [6.07, 6.45) is 1.60. The Kier molecular flexibility index (Phi) is 3.49. The van der Waals surface area contributed by atoms with Gasteiger partial charge in [-0.25, -0.2) is 9.97 Å². The number of rotatable bonds is 4. The fourth-order valence-electron chi connectivity index (χ4n) is 2.48. The van der Waals surface area contributed by atoms with Crippen LogP contribution in [0.4, 0.5) is 5.82 Å². The number of nitrogens with one attached hydrogen (secondary N) is 1. The minimum Gasteiger partial charge on any atom is -0.377 e. The second-order valence-electron chi connectivity index (χ2n) is 5.30. The molecule has 0 radical (unpaired) electrons. The smallest absolute Gasteiger partial charge is 0.137 e. The van der Waals surface area contributed by atoms with Crippen LogP contribution in [0.15, 0.2) is 36.7 Å². The molecule has 1 aliphatic heterocycles. The summed E-state index contributed by atoms with van der Waals surface area (Å²) in [7, 11) is 0. The lowest BCUT2D eigenvalue weighted by molar-refractivity contribution is 0.0210. The van der Waals surface area contributed by atoms with E-state index in [1.807, 2.05) is 6.07 Å². The quantitative estimate of drug-likeness (QED) is 0.775. The first kappa shape index (κ1) is 13.6. The molecule has 1 fully saturated rings. The predicted molar refractivity (Wildman–Crippen MR) is 89.0 cm³/mol. The van der Waals surface area contributed by atoms with Gasteiger partial charge >= 0.3 is 0 Å². The van der Waals surface area contributed by atoms with Gasteiger partial charge in [0.2, 0.25) is 0 Å². The van der Waals surface area contributed by atoms with Crippen molar-refractivity contribution >= 4 is 28.1 Å². The maximum atomic E-state index is 5.70. The van der Waals surface area contributed by atoms with Crippen molar-refractivity contribution in [1.82, 2.24) is 9.97 Å². The highest BCUT2D eigenvalue weighted by molar-refractivity contribution is 7.15. The van der Waals surface area contributed by atoms with Gasteiger partial charge in [-0.1, -0.05) is 6.07 Å². The molecule has 3 heterocycles. The number of fused-ring (bicyclic) bond motifs is 1. The summed E-state index contributed by atoms with van der Waals surface area (Å²) in [4.78, 5) is 11.1. The van der Waals surface area contributed by atoms with Gasteiger partial charge in [-0.15, -0.1) is 11.3 Å². The van der Waals surface area contributed by atoms with Gasteiger partial charge in [0, 0.05) is 21.7 Å². The molecule has 0 spiro atoms. The zero-order chi connectivity index (χ0) is 14.9. The van der Waals surface area contributed by atoms with Crippen molar-refractivity contribution < 1.29 is 4.74 Å². The zero-order valence-electron chi connectivity index (χ0n) is 12.0. The number of hydrogen-bond donors (Lipinski definition) is 2. The maximum Gasteiger partial charge on any atom is 0.137 e. The van der Waals surface area contributed by atoms with Crippen LogP contribution in [0, 0.1) is 0 Å². The van der Waals surface area contributed by atoms with Crippen molar-refractivity contribution in [3.05, 3.63) is 41.5 Å². The average Bonchev–Trinajstić information content (AvgIpc) is 2.99. The van der Waals surface area contributed by atoms with Gasteiger partial charge in [-0.3, -0.25) is 0 Å². The molecule has 22 heavy (non-hydrogen) atoms. The molecular formula is C16H16N4OS. The van der Waals surface area contributed by atoms with Gasteiger partial charge in [-0.05, 0) is 29.8 Å². The fraction of sp³-hybridized carbons (Fsp3) is 0.250. The number of nitrogens with two attached hydrogens (primary N) is 1. The van der Waals surface area contributed by atoms with Crippen LogP contribution in [0.5, 0.6) is 0 Å². The maximum absolute atomic E-state index is 5.70. The fourth-order valence-corrected chi connectivity index (χ4v) is 3.36. The van der Waals surface area contributed by atoms with E-state index >= 15 is 0 Å². The molecule has 0 bridgehead atoms. The molecule has 0 unspecified atom stereocenters. The molecule has 0 aliphatic carbocycles. The highest BCUT2D eigenvalue weighted by atomic mass is 32.1. The van der Waals surface area contributed by atoms with Crippen LogP contribution in [0.2, 0.25) is 0 Å². The molecule has 0 atom stereocenters. The van der Waals surface area contributed by atoms with E-state index < -0.39 is 0 Å². The third kappa shape index (κ3) is 2.45. The van der Waals surface area contributed by atoms with Gasteiger partial charge in [-0.2, -0.15) is 0 Å². The summed E-state index contributed by atoms with van der Waals surface area (Å²) in [5.74, 6) is 0.871. The standard InChI is InChI=1S/C16H16N4OS/c17-6-12-2-4-15(22-12)10-1-3-14-13(5-10)16(19-9-18-14)20-11-7-21-8-11/h1-5,9,11H,6-8,17H2,(H,18,19,20). The minimum absolute atomic E-state index is 0.340. The van der Waals surface area contributed by atoms with E-state index in [0.717, 1.165) is 29.9 Å². The lowest BCUT2D eigenvalue weighted by atomic mass is 10.1. The first-order valence-electron chi connectivity index (χ1n) is 7.21. The Labute approximate surface area is 132 Å². The van der Waals surface area contributed by atoms with Crippen LogP contribution in [0.3, 0.4) is 0 Å². The van der Waals surface area contributed by atoms with E-state index in [1.165, 1.54) is 15.3 Å². The summed E-state index contributed by atoms with van der Waals surface area (Å²) in [6.45, 7) is 2.04. The Balaban J connectivity index is 1.75. The molecule has 1 aromatic carbocycles. The van der Waals surface area contributed by atoms with Gasteiger partial charge in [0.1, 0.15) is 12.1 Å². The van der Waals surface area contributed by atoms with Crippen LogP contribution in [-0.4, -0.2) is 29.2 Å². The molecule has 1 aliphatic rings. The van der Waals surface area contributed by atoms with Crippen molar-refractivity contribution in [2.75, 3.05) is 18.5 Å². The number of anilines is 1. The minimum atomic E-state index is 0.340. The summed E-state index contributed by atoms with van der Waals surface area (Å²) in [5.41, 5.74) is 7.81. The second-order valence-corrected chi connectivity index (χ2v) is 6.47. The highest BCUT2D eigenvalue weighted by Gasteiger charge is 2.19. The average molecular weight is 312 g/mol. The van der Waals surface area contributed by atoms with Crippen molar-refractivity contribution in [3.63, 3.8) is 0 Å². The normalized spacial score (nSPS) is 15.0. The van der Waals surface area contributed by atoms with Crippen LogP contribution < -0.4 is 11.1 Å². The van der Waals surface area contributed by atoms with Crippen molar-refractivity contribution in [1.29, 1.82) is 0 Å². The topological polar surface area (TPSA) is 73.1 Å². The van der Waals surface area contributed by atoms with Crippen molar-refractivity contribution in [2.24, 2.45) is 5.73 Å². The molecule has 5 nitrogen and oxygen atoms in total. The molecule has 1 saturated heterocycles. The third-order valence-electron chi connectivity index (χ3n) is 3.76. The zero-order valence-corrected chi connectivity index (χ0v) is 12.8. The van der Waals surface area contributed by atoms with E-state index in [4.69, 9.17) is 10.5 Å². The Morgan fingerprint density at radius 3 is 2.86 bits per heavy atom. The molecular weight excluding hydrogens is 296 g/mol. The van der Waals surface area contributed by atoms with Crippen LogP contribution >= 0.6 is 11.3 Å². The molecule has 3 N–H and O–H groups in total. The molecule has 112 valence electrons. The van der Waals surface area contributed by atoms with E-state index in [2.05, 4.69) is 39.6 Å². The predicted octanol–water partition coefficient (Wildman–Crippen LogP) is 2.63. The van der Waals surface area contributed by atoms with Gasteiger partial charge < -0.3 is 15.8 Å². The number of nitrogens with zero attached hydrogens (tertiary/aromatic N) is 2. The number of thiophene rings is 1. The van der Waals surface area contributed by atoms with Gasteiger partial charge in [0.15, 0.2) is 0 Å². The van der Waals surface area contributed by atoms with Crippen LogP contribution in [0.25, 0.3) is 21.3 Å². The first-order valence-corrected chi connectivity index (χ1v) is 8.03. The Hall–Kier alpha value is -2.02. The van der Waals surface area contributed by atoms with Crippen molar-refractivity contribution in [2.45, 2.75) is 12.6 Å². The van der Waals surface area contributed by atoms with E-state index in [-0.39, 0.29) is 0 Å². The van der Waals surface area contributed by atoms with Crippen molar-refractivity contribution in [3.8, 4) is 10.4 Å². The number of ether oxygens (including phenoxy) is 1. The summed E-state index contributed by atoms with van der Waals surface area (Å²) in [5, 5.41) is 4.46. The van der Waals surface area contributed by atoms with Gasteiger partial charge in [0.05, 0.1) is 24.8 Å². The summed E-state index contributed by atoms with van der Waals surface area (Å²) in [6, 6.07) is 10.8. The SMILES string of the molecule is NCc1ccc(-c2ccc3ncnc(NC4COC4)c3c2)s1. The van der Waals surface area contributed by atoms with Gasteiger partial charge in [0.25, 0.3) is 0 Å². The summed E-state index contributed by atoms with van der Waals surface area (Å²) < 4.78 is 5.21. The third-order valence-corrected chi connectivity index (χ3v) is 4.92. The lowest BCUT2D eigenvalue weighted by Gasteiger charge is -2.27. The number of aromatic nitrogens is 2. The summed E-state index contributed by atoms with van der Waals surface area (Å²) >= 11 is 1.72. The molecule has 0 amide bonds. The monoisotopic (exact) mass is 312 g/mol. The first-order chi connectivity index (χ1) is 10.8. The number of hydrogen-bond acceptors (Lipinski definition) is 6. The van der Waals surface area contributed by atoms with E-state index in [0.29, 0.717) is 12.6 Å². The molecule has 6 heteroatoms. The molecule has 4 rings (SSSR count). The Morgan fingerprint density at radius 1 is 1.23 bits per heavy atom. The second kappa shape index (κ2) is 5.64. The molecule has 0 saturated carbocycles. The highest BCUT2D eigenvalue weighted by Crippen LogP contribution is 2.31. The largest absolute Gasteiger partial charge is 0.377 e. The molecule has 2 aromatic heterocycles.